The minimum atomic E-state index is -3.48. The zero-order valence-corrected chi connectivity index (χ0v) is 11.5. The van der Waals surface area contributed by atoms with E-state index in [-0.39, 0.29) is 30.0 Å². The molecule has 0 aromatic rings. The molecule has 0 amide bonds. The standard InChI is InChI=1S/C8H16ClNO4S2/c1-15(11,12)6-7-16(13,14)10(5-4-9)8-2-3-8/h8H,2-7H2,1H3. The van der Waals surface area contributed by atoms with E-state index < -0.39 is 19.9 Å². The lowest BCUT2D eigenvalue weighted by Crippen LogP contribution is -2.38. The van der Waals surface area contributed by atoms with Gasteiger partial charge in [0.1, 0.15) is 9.84 Å². The smallest absolute Gasteiger partial charge is 0.215 e. The summed E-state index contributed by atoms with van der Waals surface area (Å²) in [4.78, 5) is 0. The number of rotatable bonds is 7. The average Bonchev–Trinajstić information content (AvgIpc) is 2.93. The van der Waals surface area contributed by atoms with Gasteiger partial charge in [-0.3, -0.25) is 0 Å². The minimum absolute atomic E-state index is 0.0308. The van der Waals surface area contributed by atoms with E-state index >= 15 is 0 Å². The first-order valence-corrected chi connectivity index (χ1v) is 9.20. The summed E-state index contributed by atoms with van der Waals surface area (Å²) in [5, 5.41) is 0. The number of alkyl halides is 1. The Morgan fingerprint density at radius 3 is 2.12 bits per heavy atom. The maximum atomic E-state index is 11.9. The molecule has 0 aromatic carbocycles. The predicted octanol–water partition coefficient (Wildman–Crippen LogP) is 0.0640. The molecule has 96 valence electrons. The fraction of sp³-hybridized carbons (Fsp3) is 1.00. The van der Waals surface area contributed by atoms with Crippen molar-refractivity contribution in [2.45, 2.75) is 18.9 Å². The van der Waals surface area contributed by atoms with Gasteiger partial charge in [0.15, 0.2) is 0 Å². The van der Waals surface area contributed by atoms with Gasteiger partial charge < -0.3 is 0 Å². The summed E-state index contributed by atoms with van der Waals surface area (Å²) in [5.74, 6) is -0.450. The number of hydrogen-bond acceptors (Lipinski definition) is 4. The summed E-state index contributed by atoms with van der Waals surface area (Å²) in [6.07, 6.45) is 2.72. The van der Waals surface area contributed by atoms with Crippen LogP contribution in [0, 0.1) is 0 Å². The van der Waals surface area contributed by atoms with E-state index in [0.717, 1.165) is 19.1 Å². The molecule has 0 aromatic heterocycles. The SMILES string of the molecule is CS(=O)(=O)CCS(=O)(=O)N(CCCl)C1CC1. The summed E-state index contributed by atoms with van der Waals surface area (Å²) in [7, 11) is -6.73. The molecule has 0 heterocycles. The van der Waals surface area contributed by atoms with Gasteiger partial charge in [0.05, 0.1) is 11.5 Å². The molecule has 0 spiro atoms. The van der Waals surface area contributed by atoms with Crippen LogP contribution >= 0.6 is 11.6 Å². The maximum absolute atomic E-state index is 11.9. The van der Waals surface area contributed by atoms with Crippen LogP contribution in [0.1, 0.15) is 12.8 Å². The highest BCUT2D eigenvalue weighted by atomic mass is 35.5. The molecule has 1 fully saturated rings. The molecule has 16 heavy (non-hydrogen) atoms. The van der Waals surface area contributed by atoms with Crippen molar-refractivity contribution in [2.24, 2.45) is 0 Å². The van der Waals surface area contributed by atoms with Gasteiger partial charge in [-0.25, -0.2) is 16.8 Å². The van der Waals surface area contributed by atoms with Crippen LogP contribution in [0.15, 0.2) is 0 Å². The zero-order chi connectivity index (χ0) is 12.4. The third kappa shape index (κ3) is 4.57. The van der Waals surface area contributed by atoms with E-state index in [9.17, 15) is 16.8 Å². The van der Waals surface area contributed by atoms with Crippen LogP contribution in [-0.4, -0.2) is 57.4 Å². The van der Waals surface area contributed by atoms with Crippen molar-refractivity contribution in [2.75, 3.05) is 30.2 Å². The Morgan fingerprint density at radius 2 is 1.75 bits per heavy atom. The summed E-state index contributed by atoms with van der Waals surface area (Å²) in [6.45, 7) is 0.262. The van der Waals surface area contributed by atoms with Crippen LogP contribution in [0.4, 0.5) is 0 Å². The Balaban J connectivity index is 2.66. The monoisotopic (exact) mass is 289 g/mol. The molecule has 0 radical (unpaired) electrons. The lowest BCUT2D eigenvalue weighted by molar-refractivity contribution is 0.423. The fourth-order valence-corrected chi connectivity index (χ4v) is 4.97. The van der Waals surface area contributed by atoms with E-state index in [2.05, 4.69) is 0 Å². The highest BCUT2D eigenvalue weighted by Gasteiger charge is 2.36. The van der Waals surface area contributed by atoms with Gasteiger partial charge in [0.2, 0.25) is 10.0 Å². The quantitative estimate of drug-likeness (QED) is 0.622. The minimum Gasteiger partial charge on any atom is -0.229 e. The third-order valence-electron chi connectivity index (χ3n) is 2.33. The van der Waals surface area contributed by atoms with Crippen molar-refractivity contribution in [3.8, 4) is 0 Å². The maximum Gasteiger partial charge on any atom is 0.215 e. The number of hydrogen-bond donors (Lipinski definition) is 0. The van der Waals surface area contributed by atoms with Gasteiger partial charge in [-0.1, -0.05) is 0 Å². The molecule has 0 saturated heterocycles. The Kier molecular flexibility index (Phi) is 4.62. The van der Waals surface area contributed by atoms with Crippen molar-refractivity contribution in [1.82, 2.24) is 4.31 Å². The second-order valence-corrected chi connectivity index (χ2v) is 8.66. The predicted molar refractivity (Wildman–Crippen MR) is 63.9 cm³/mol. The fourth-order valence-electron chi connectivity index (χ4n) is 1.37. The van der Waals surface area contributed by atoms with Gasteiger partial charge >= 0.3 is 0 Å². The lowest BCUT2D eigenvalue weighted by atomic mass is 10.6. The molecule has 0 atom stereocenters. The molecule has 0 bridgehead atoms. The Hall–Kier alpha value is 0.150. The van der Waals surface area contributed by atoms with Gasteiger partial charge in [-0.15, -0.1) is 11.6 Å². The van der Waals surface area contributed by atoms with Crippen LogP contribution in [0.3, 0.4) is 0 Å². The number of sulfonamides is 1. The molecule has 0 N–H and O–H groups in total. The van der Waals surface area contributed by atoms with Crippen molar-refractivity contribution >= 4 is 31.5 Å². The highest BCUT2D eigenvalue weighted by Crippen LogP contribution is 2.29. The van der Waals surface area contributed by atoms with Crippen LogP contribution in [0.2, 0.25) is 0 Å². The lowest BCUT2D eigenvalue weighted by Gasteiger charge is -2.20. The molecule has 8 heteroatoms. The van der Waals surface area contributed by atoms with E-state index in [1.807, 2.05) is 0 Å². The number of halogens is 1. The number of nitrogens with zero attached hydrogens (tertiary/aromatic N) is 1. The van der Waals surface area contributed by atoms with Crippen molar-refractivity contribution in [1.29, 1.82) is 0 Å². The summed E-state index contributed by atoms with van der Waals surface area (Å²) in [6, 6.07) is 0.0308. The molecule has 0 aliphatic heterocycles. The van der Waals surface area contributed by atoms with E-state index in [0.29, 0.717) is 0 Å². The summed E-state index contributed by atoms with van der Waals surface area (Å²) < 4.78 is 46.9. The van der Waals surface area contributed by atoms with Gasteiger partial charge in [0.25, 0.3) is 0 Å². The largest absolute Gasteiger partial charge is 0.229 e. The first kappa shape index (κ1) is 14.2. The first-order valence-electron chi connectivity index (χ1n) is 4.99. The Bertz CT molecular complexity index is 427. The molecule has 5 nitrogen and oxygen atoms in total. The highest BCUT2D eigenvalue weighted by molar-refractivity contribution is 7.93. The van der Waals surface area contributed by atoms with E-state index in [1.165, 1.54) is 4.31 Å². The zero-order valence-electron chi connectivity index (χ0n) is 9.09. The molecule has 0 unspecified atom stereocenters. The topological polar surface area (TPSA) is 71.5 Å². The van der Waals surface area contributed by atoms with Crippen molar-refractivity contribution in [3.63, 3.8) is 0 Å². The molecular formula is C8H16ClNO4S2. The second kappa shape index (κ2) is 5.20. The average molecular weight is 290 g/mol. The third-order valence-corrected chi connectivity index (χ3v) is 5.62. The van der Waals surface area contributed by atoms with E-state index in [4.69, 9.17) is 11.6 Å². The normalized spacial score (nSPS) is 17.9. The van der Waals surface area contributed by atoms with Gasteiger partial charge in [-0.05, 0) is 12.8 Å². The first-order chi connectivity index (χ1) is 7.26. The molecule has 1 aliphatic rings. The summed E-state index contributed by atoms with van der Waals surface area (Å²) in [5.41, 5.74) is 0. The molecule has 1 saturated carbocycles. The van der Waals surface area contributed by atoms with Gasteiger partial charge in [-0.2, -0.15) is 4.31 Å². The Morgan fingerprint density at radius 1 is 1.19 bits per heavy atom. The number of sulfone groups is 1. The summed E-state index contributed by atoms with van der Waals surface area (Å²) >= 11 is 5.54. The van der Waals surface area contributed by atoms with Gasteiger partial charge in [0, 0.05) is 24.7 Å². The molecule has 1 rings (SSSR count). The van der Waals surface area contributed by atoms with Crippen LogP contribution in [0.25, 0.3) is 0 Å². The van der Waals surface area contributed by atoms with Crippen LogP contribution in [0.5, 0.6) is 0 Å². The molecular weight excluding hydrogens is 274 g/mol. The Labute approximate surface area is 102 Å². The second-order valence-electron chi connectivity index (χ2n) is 3.98. The molecule has 1 aliphatic carbocycles. The van der Waals surface area contributed by atoms with Crippen molar-refractivity contribution in [3.05, 3.63) is 0 Å². The van der Waals surface area contributed by atoms with Crippen LogP contribution in [-0.2, 0) is 19.9 Å². The van der Waals surface area contributed by atoms with E-state index in [1.54, 1.807) is 0 Å². The van der Waals surface area contributed by atoms with Crippen molar-refractivity contribution < 1.29 is 16.8 Å². The van der Waals surface area contributed by atoms with Crippen LogP contribution < -0.4 is 0 Å².